The van der Waals surface area contributed by atoms with Crippen LogP contribution in [0.25, 0.3) is 0 Å². The highest BCUT2D eigenvalue weighted by Gasteiger charge is 2.12. The SMILES string of the molecule is COc1ccc(C(=O)Nc2cc(C)ccc2OC)nn1. The highest BCUT2D eigenvalue weighted by Crippen LogP contribution is 2.25. The minimum Gasteiger partial charge on any atom is -0.495 e. The van der Waals surface area contributed by atoms with Crippen LogP contribution >= 0.6 is 0 Å². The molecule has 1 N–H and O–H groups in total. The first-order valence-electron chi connectivity index (χ1n) is 5.97. The summed E-state index contributed by atoms with van der Waals surface area (Å²) in [4.78, 5) is 12.1. The minimum absolute atomic E-state index is 0.203. The number of nitrogens with zero attached hydrogens (tertiary/aromatic N) is 2. The van der Waals surface area contributed by atoms with Gasteiger partial charge in [0.2, 0.25) is 5.88 Å². The van der Waals surface area contributed by atoms with E-state index >= 15 is 0 Å². The van der Waals surface area contributed by atoms with Crippen molar-refractivity contribution in [1.29, 1.82) is 0 Å². The monoisotopic (exact) mass is 273 g/mol. The third kappa shape index (κ3) is 3.03. The van der Waals surface area contributed by atoms with Crippen molar-refractivity contribution in [2.45, 2.75) is 6.92 Å². The topological polar surface area (TPSA) is 73.3 Å². The zero-order chi connectivity index (χ0) is 14.5. The molecule has 0 aliphatic carbocycles. The van der Waals surface area contributed by atoms with Crippen LogP contribution in [0.15, 0.2) is 30.3 Å². The summed E-state index contributed by atoms with van der Waals surface area (Å²) in [5, 5.41) is 10.3. The number of carbonyl (C=O) groups is 1. The molecular formula is C14H15N3O3. The number of nitrogens with one attached hydrogen (secondary N) is 1. The predicted octanol–water partition coefficient (Wildman–Crippen LogP) is 2.05. The van der Waals surface area contributed by atoms with Crippen molar-refractivity contribution in [3.05, 3.63) is 41.6 Å². The van der Waals surface area contributed by atoms with Gasteiger partial charge in [0, 0.05) is 6.07 Å². The normalized spacial score (nSPS) is 9.95. The van der Waals surface area contributed by atoms with E-state index in [9.17, 15) is 4.79 Å². The maximum Gasteiger partial charge on any atom is 0.276 e. The van der Waals surface area contributed by atoms with Gasteiger partial charge in [0.05, 0.1) is 19.9 Å². The van der Waals surface area contributed by atoms with Gasteiger partial charge >= 0.3 is 0 Å². The zero-order valence-corrected chi connectivity index (χ0v) is 11.5. The highest BCUT2D eigenvalue weighted by atomic mass is 16.5. The van der Waals surface area contributed by atoms with Gasteiger partial charge in [-0.1, -0.05) is 6.07 Å². The maximum atomic E-state index is 12.1. The van der Waals surface area contributed by atoms with E-state index in [4.69, 9.17) is 9.47 Å². The maximum absolute atomic E-state index is 12.1. The summed E-state index contributed by atoms with van der Waals surface area (Å²) in [5.74, 6) is 0.587. The van der Waals surface area contributed by atoms with E-state index in [-0.39, 0.29) is 11.6 Å². The number of amides is 1. The van der Waals surface area contributed by atoms with E-state index in [0.717, 1.165) is 5.56 Å². The van der Waals surface area contributed by atoms with Gasteiger partial charge in [0.1, 0.15) is 5.75 Å². The zero-order valence-electron chi connectivity index (χ0n) is 11.5. The van der Waals surface area contributed by atoms with Crippen molar-refractivity contribution in [3.63, 3.8) is 0 Å². The fourth-order valence-corrected chi connectivity index (χ4v) is 1.66. The number of benzene rings is 1. The third-order valence-corrected chi connectivity index (χ3v) is 2.69. The Morgan fingerprint density at radius 1 is 1.10 bits per heavy atom. The Labute approximate surface area is 116 Å². The Hall–Kier alpha value is -2.63. The van der Waals surface area contributed by atoms with Gasteiger partial charge < -0.3 is 14.8 Å². The van der Waals surface area contributed by atoms with Gasteiger partial charge in [-0.3, -0.25) is 4.79 Å². The van der Waals surface area contributed by atoms with Gasteiger partial charge in [0.15, 0.2) is 5.69 Å². The molecule has 0 saturated heterocycles. The number of hydrogen-bond donors (Lipinski definition) is 1. The molecule has 0 atom stereocenters. The molecule has 1 aromatic heterocycles. The number of hydrogen-bond acceptors (Lipinski definition) is 5. The first-order chi connectivity index (χ1) is 9.63. The molecule has 6 heteroatoms. The molecule has 2 aromatic rings. The number of anilines is 1. The van der Waals surface area contributed by atoms with Crippen LogP contribution in [-0.2, 0) is 0 Å². The Morgan fingerprint density at radius 3 is 2.50 bits per heavy atom. The molecule has 0 radical (unpaired) electrons. The summed E-state index contributed by atoms with van der Waals surface area (Å²) >= 11 is 0. The van der Waals surface area contributed by atoms with E-state index < -0.39 is 0 Å². The molecule has 1 amide bonds. The van der Waals surface area contributed by atoms with Crippen LogP contribution in [0, 0.1) is 6.92 Å². The Kier molecular flexibility index (Phi) is 4.14. The van der Waals surface area contributed by atoms with Gasteiger partial charge in [-0.15, -0.1) is 10.2 Å². The van der Waals surface area contributed by atoms with Crippen molar-refractivity contribution in [2.75, 3.05) is 19.5 Å². The summed E-state index contributed by atoms with van der Waals surface area (Å²) < 4.78 is 10.1. The lowest BCUT2D eigenvalue weighted by Crippen LogP contribution is -2.15. The fourth-order valence-electron chi connectivity index (χ4n) is 1.66. The lowest BCUT2D eigenvalue weighted by molar-refractivity contribution is 0.102. The average molecular weight is 273 g/mol. The van der Waals surface area contributed by atoms with Crippen LogP contribution in [0.1, 0.15) is 16.1 Å². The van der Waals surface area contributed by atoms with Crippen molar-refractivity contribution in [2.24, 2.45) is 0 Å². The van der Waals surface area contributed by atoms with Gasteiger partial charge in [-0.25, -0.2) is 0 Å². The molecule has 0 bridgehead atoms. The van der Waals surface area contributed by atoms with E-state index in [1.807, 2.05) is 19.1 Å². The summed E-state index contributed by atoms with van der Waals surface area (Å²) in [6.45, 7) is 1.93. The molecule has 20 heavy (non-hydrogen) atoms. The molecule has 0 aliphatic heterocycles. The molecule has 0 spiro atoms. The number of aryl methyl sites for hydroxylation is 1. The lowest BCUT2D eigenvalue weighted by Gasteiger charge is -2.10. The van der Waals surface area contributed by atoms with Crippen LogP contribution < -0.4 is 14.8 Å². The number of ether oxygens (including phenoxy) is 2. The molecular weight excluding hydrogens is 258 g/mol. The third-order valence-electron chi connectivity index (χ3n) is 2.69. The largest absolute Gasteiger partial charge is 0.495 e. The standard InChI is InChI=1S/C14H15N3O3/c1-9-4-6-12(19-2)11(8-9)15-14(18)10-5-7-13(20-3)17-16-10/h4-8H,1-3H3,(H,15,18). The van der Waals surface area contributed by atoms with Crippen LogP contribution in [-0.4, -0.2) is 30.3 Å². The molecule has 6 nitrogen and oxygen atoms in total. The molecule has 0 unspecified atom stereocenters. The van der Waals surface area contributed by atoms with E-state index in [2.05, 4.69) is 15.5 Å². The van der Waals surface area contributed by atoms with Crippen molar-refractivity contribution in [3.8, 4) is 11.6 Å². The predicted molar refractivity (Wildman–Crippen MR) is 74.3 cm³/mol. The first-order valence-corrected chi connectivity index (χ1v) is 5.97. The second kappa shape index (κ2) is 6.01. The van der Waals surface area contributed by atoms with Crippen LogP contribution in [0.2, 0.25) is 0 Å². The Bertz CT molecular complexity index is 612. The van der Waals surface area contributed by atoms with Crippen LogP contribution in [0.3, 0.4) is 0 Å². The lowest BCUT2D eigenvalue weighted by atomic mass is 10.2. The smallest absolute Gasteiger partial charge is 0.276 e. The average Bonchev–Trinajstić information content (AvgIpc) is 2.47. The van der Waals surface area contributed by atoms with Crippen LogP contribution in [0.4, 0.5) is 5.69 Å². The molecule has 0 fully saturated rings. The molecule has 1 aromatic carbocycles. The summed E-state index contributed by atoms with van der Waals surface area (Å²) in [5.41, 5.74) is 1.81. The molecule has 2 rings (SSSR count). The van der Waals surface area contributed by atoms with E-state index in [0.29, 0.717) is 17.3 Å². The summed E-state index contributed by atoms with van der Waals surface area (Å²) in [7, 11) is 3.04. The minimum atomic E-state index is -0.357. The number of carbonyl (C=O) groups excluding carboxylic acids is 1. The highest BCUT2D eigenvalue weighted by molar-refractivity contribution is 6.03. The Morgan fingerprint density at radius 2 is 1.90 bits per heavy atom. The van der Waals surface area contributed by atoms with Crippen molar-refractivity contribution < 1.29 is 14.3 Å². The van der Waals surface area contributed by atoms with E-state index in [1.165, 1.54) is 7.11 Å². The second-order valence-electron chi connectivity index (χ2n) is 4.12. The molecule has 1 heterocycles. The summed E-state index contributed by atoms with van der Waals surface area (Å²) in [6, 6.07) is 8.65. The number of methoxy groups -OCH3 is 2. The van der Waals surface area contributed by atoms with Gasteiger partial charge in [0.25, 0.3) is 5.91 Å². The quantitative estimate of drug-likeness (QED) is 0.923. The molecule has 104 valence electrons. The number of aromatic nitrogens is 2. The van der Waals surface area contributed by atoms with E-state index in [1.54, 1.807) is 25.3 Å². The first kappa shape index (κ1) is 13.8. The molecule has 0 saturated carbocycles. The molecule has 0 aliphatic rings. The van der Waals surface area contributed by atoms with Crippen LogP contribution in [0.5, 0.6) is 11.6 Å². The summed E-state index contributed by atoms with van der Waals surface area (Å²) in [6.07, 6.45) is 0. The number of rotatable bonds is 4. The fraction of sp³-hybridized carbons (Fsp3) is 0.214. The van der Waals surface area contributed by atoms with Crippen molar-refractivity contribution in [1.82, 2.24) is 10.2 Å². The van der Waals surface area contributed by atoms with Gasteiger partial charge in [-0.2, -0.15) is 0 Å². The van der Waals surface area contributed by atoms with Gasteiger partial charge in [-0.05, 0) is 30.7 Å². The second-order valence-corrected chi connectivity index (χ2v) is 4.12. The Balaban J connectivity index is 2.20. The van der Waals surface area contributed by atoms with Crippen molar-refractivity contribution >= 4 is 11.6 Å².